The van der Waals surface area contributed by atoms with Crippen LogP contribution in [0.4, 0.5) is 0 Å². The van der Waals surface area contributed by atoms with Gasteiger partial charge in [0.05, 0.1) is 12.3 Å². The molecule has 23 heavy (non-hydrogen) atoms. The molecule has 0 aliphatic heterocycles. The number of ether oxygens (including phenoxy) is 1. The van der Waals surface area contributed by atoms with Gasteiger partial charge in [0, 0.05) is 30.8 Å². The number of carboxylic acids is 1. The largest absolute Gasteiger partial charge is 0.481 e. The quantitative estimate of drug-likeness (QED) is 0.628. The Balaban J connectivity index is 2.65. The Morgan fingerprint density at radius 2 is 1.96 bits per heavy atom. The molecule has 0 saturated heterocycles. The van der Waals surface area contributed by atoms with Crippen molar-refractivity contribution in [2.75, 3.05) is 26.3 Å². The Morgan fingerprint density at radius 3 is 2.52 bits per heavy atom. The first kappa shape index (κ1) is 19.6. The third kappa shape index (κ3) is 7.61. The normalized spacial score (nSPS) is 12.0. The summed E-state index contributed by atoms with van der Waals surface area (Å²) in [6, 6.07) is 7.56. The molecule has 1 N–H and O–H groups in total. The summed E-state index contributed by atoms with van der Waals surface area (Å²) in [5.41, 5.74) is 0.913. The van der Waals surface area contributed by atoms with Gasteiger partial charge in [-0.25, -0.2) is 0 Å². The van der Waals surface area contributed by atoms with Crippen molar-refractivity contribution >= 4 is 27.8 Å². The van der Waals surface area contributed by atoms with E-state index in [2.05, 4.69) is 15.9 Å². The molecule has 0 heterocycles. The van der Waals surface area contributed by atoms with Crippen LogP contribution in [0.25, 0.3) is 0 Å². The third-order valence-electron chi connectivity index (χ3n) is 3.46. The first-order valence-corrected chi connectivity index (χ1v) is 8.56. The highest BCUT2D eigenvalue weighted by Crippen LogP contribution is 2.12. The van der Waals surface area contributed by atoms with Crippen LogP contribution < -0.4 is 0 Å². The molecule has 5 nitrogen and oxygen atoms in total. The zero-order chi connectivity index (χ0) is 17.2. The number of halogens is 1. The van der Waals surface area contributed by atoms with E-state index in [1.165, 1.54) is 0 Å². The molecule has 1 unspecified atom stereocenters. The fourth-order valence-corrected chi connectivity index (χ4v) is 2.38. The van der Waals surface area contributed by atoms with E-state index in [1.807, 2.05) is 31.2 Å². The summed E-state index contributed by atoms with van der Waals surface area (Å²) in [5, 5.41) is 9.07. The van der Waals surface area contributed by atoms with Gasteiger partial charge < -0.3 is 14.7 Å². The molecule has 0 aromatic heterocycles. The van der Waals surface area contributed by atoms with Gasteiger partial charge in [-0.15, -0.1) is 0 Å². The van der Waals surface area contributed by atoms with Crippen molar-refractivity contribution in [3.05, 3.63) is 34.3 Å². The molecule has 6 heteroatoms. The number of aliphatic carboxylic acids is 1. The number of carbonyl (C=O) groups excluding carboxylic acids is 1. The predicted molar refractivity (Wildman–Crippen MR) is 92.3 cm³/mol. The minimum absolute atomic E-state index is 0.0584. The summed E-state index contributed by atoms with van der Waals surface area (Å²) in [6.07, 6.45) is 0.973. The van der Waals surface area contributed by atoms with Gasteiger partial charge in [-0.1, -0.05) is 35.0 Å². The predicted octanol–water partition coefficient (Wildman–Crippen LogP) is 2.97. The van der Waals surface area contributed by atoms with Gasteiger partial charge in [0.15, 0.2) is 0 Å². The molecule has 0 aliphatic rings. The lowest BCUT2D eigenvalue weighted by Gasteiger charge is -2.24. The van der Waals surface area contributed by atoms with E-state index >= 15 is 0 Å². The van der Waals surface area contributed by atoms with Gasteiger partial charge >= 0.3 is 5.97 Å². The van der Waals surface area contributed by atoms with E-state index in [9.17, 15) is 9.59 Å². The molecule has 0 spiro atoms. The highest BCUT2D eigenvalue weighted by Gasteiger charge is 2.20. The minimum Gasteiger partial charge on any atom is -0.481 e. The topological polar surface area (TPSA) is 66.8 Å². The SMILES string of the molecule is CCOCCCN(CC(C)C(=O)O)C(=O)Cc1ccc(Br)cc1. The van der Waals surface area contributed by atoms with E-state index < -0.39 is 11.9 Å². The van der Waals surface area contributed by atoms with Crippen LogP contribution >= 0.6 is 15.9 Å². The van der Waals surface area contributed by atoms with E-state index in [4.69, 9.17) is 9.84 Å². The van der Waals surface area contributed by atoms with Crippen LogP contribution in [0.2, 0.25) is 0 Å². The minimum atomic E-state index is -0.892. The van der Waals surface area contributed by atoms with Gasteiger partial charge in [0.25, 0.3) is 0 Å². The molecule has 0 radical (unpaired) electrons. The number of hydrogen-bond donors (Lipinski definition) is 1. The first-order chi connectivity index (χ1) is 10.9. The summed E-state index contributed by atoms with van der Waals surface area (Å²) in [4.78, 5) is 25.2. The van der Waals surface area contributed by atoms with Crippen molar-refractivity contribution in [2.45, 2.75) is 26.7 Å². The highest BCUT2D eigenvalue weighted by atomic mass is 79.9. The average Bonchev–Trinajstić information content (AvgIpc) is 2.52. The second kappa shape index (κ2) is 10.4. The van der Waals surface area contributed by atoms with Gasteiger partial charge in [0.2, 0.25) is 5.91 Å². The Hall–Kier alpha value is -1.40. The van der Waals surface area contributed by atoms with Crippen molar-refractivity contribution < 1.29 is 19.4 Å². The summed E-state index contributed by atoms with van der Waals surface area (Å²) in [5.74, 6) is -1.54. The summed E-state index contributed by atoms with van der Waals surface area (Å²) in [7, 11) is 0. The van der Waals surface area contributed by atoms with Crippen molar-refractivity contribution in [2.24, 2.45) is 5.92 Å². The lowest BCUT2D eigenvalue weighted by Crippen LogP contribution is -2.38. The second-order valence-electron chi connectivity index (χ2n) is 5.43. The molecule has 1 aromatic rings. The molecule has 128 valence electrons. The molecule has 1 aromatic carbocycles. The highest BCUT2D eigenvalue weighted by molar-refractivity contribution is 9.10. The number of carboxylic acid groups (broad SMARTS) is 1. The molecular weight excluding hydrogens is 362 g/mol. The van der Waals surface area contributed by atoms with Crippen LogP contribution in [-0.4, -0.2) is 48.2 Å². The van der Waals surface area contributed by atoms with Crippen molar-refractivity contribution in [3.8, 4) is 0 Å². The smallest absolute Gasteiger partial charge is 0.308 e. The fraction of sp³-hybridized carbons (Fsp3) is 0.529. The molecular formula is C17H24BrNO4. The van der Waals surface area contributed by atoms with Crippen molar-refractivity contribution in [1.29, 1.82) is 0 Å². The zero-order valence-corrected chi connectivity index (χ0v) is 15.2. The van der Waals surface area contributed by atoms with Crippen LogP contribution in [0.15, 0.2) is 28.7 Å². The van der Waals surface area contributed by atoms with E-state index in [0.717, 1.165) is 10.0 Å². The van der Waals surface area contributed by atoms with Crippen LogP contribution in [0.5, 0.6) is 0 Å². The zero-order valence-electron chi connectivity index (χ0n) is 13.6. The molecule has 0 saturated carbocycles. The Labute approximate surface area is 145 Å². The number of rotatable bonds is 10. The Kier molecular flexibility index (Phi) is 8.87. The van der Waals surface area contributed by atoms with Gasteiger partial charge in [-0.3, -0.25) is 9.59 Å². The Morgan fingerprint density at radius 1 is 1.30 bits per heavy atom. The lowest BCUT2D eigenvalue weighted by atomic mass is 10.1. The molecule has 1 amide bonds. The van der Waals surface area contributed by atoms with Gasteiger partial charge in [-0.2, -0.15) is 0 Å². The maximum Gasteiger partial charge on any atom is 0.308 e. The summed E-state index contributed by atoms with van der Waals surface area (Å²) < 4.78 is 6.25. The van der Waals surface area contributed by atoms with E-state index in [1.54, 1.807) is 11.8 Å². The maximum absolute atomic E-state index is 12.5. The number of carbonyl (C=O) groups is 2. The molecule has 1 rings (SSSR count). The number of hydrogen-bond acceptors (Lipinski definition) is 3. The van der Waals surface area contributed by atoms with E-state index in [-0.39, 0.29) is 18.9 Å². The second-order valence-corrected chi connectivity index (χ2v) is 6.35. The summed E-state index contributed by atoms with van der Waals surface area (Å²) >= 11 is 3.36. The lowest BCUT2D eigenvalue weighted by molar-refractivity contribution is -0.143. The maximum atomic E-state index is 12.5. The fourth-order valence-electron chi connectivity index (χ4n) is 2.12. The number of benzene rings is 1. The Bertz CT molecular complexity index is 504. The number of amides is 1. The van der Waals surface area contributed by atoms with Crippen LogP contribution in [0, 0.1) is 5.92 Å². The summed E-state index contributed by atoms with van der Waals surface area (Å²) in [6.45, 7) is 5.47. The molecule has 0 aliphatic carbocycles. The molecule has 1 atom stereocenters. The van der Waals surface area contributed by atoms with E-state index in [0.29, 0.717) is 26.2 Å². The molecule has 0 bridgehead atoms. The monoisotopic (exact) mass is 385 g/mol. The van der Waals surface area contributed by atoms with Crippen LogP contribution in [-0.2, 0) is 20.7 Å². The van der Waals surface area contributed by atoms with Gasteiger partial charge in [0.1, 0.15) is 0 Å². The van der Waals surface area contributed by atoms with Gasteiger partial charge in [-0.05, 0) is 31.0 Å². The van der Waals surface area contributed by atoms with Crippen molar-refractivity contribution in [3.63, 3.8) is 0 Å². The van der Waals surface area contributed by atoms with Crippen molar-refractivity contribution in [1.82, 2.24) is 4.90 Å². The van der Waals surface area contributed by atoms with Crippen LogP contribution in [0.3, 0.4) is 0 Å². The third-order valence-corrected chi connectivity index (χ3v) is 3.99. The standard InChI is InChI=1S/C17H24BrNO4/c1-3-23-10-4-9-19(12-13(2)17(21)22)16(20)11-14-5-7-15(18)8-6-14/h5-8,13H,3-4,9-12H2,1-2H3,(H,21,22). The van der Waals surface area contributed by atoms with Crippen LogP contribution in [0.1, 0.15) is 25.8 Å². The average molecular weight is 386 g/mol. The molecule has 0 fully saturated rings. The first-order valence-electron chi connectivity index (χ1n) is 7.76. The number of nitrogens with zero attached hydrogens (tertiary/aromatic N) is 1.